The smallest absolute Gasteiger partial charge is 0.269 e. The number of ether oxygens (including phenoxy) is 2. The van der Waals surface area contributed by atoms with E-state index in [0.717, 1.165) is 36.1 Å². The van der Waals surface area contributed by atoms with Crippen LogP contribution in [0.2, 0.25) is 0 Å². The van der Waals surface area contributed by atoms with Gasteiger partial charge in [-0.3, -0.25) is 9.48 Å². The van der Waals surface area contributed by atoms with Gasteiger partial charge in [-0.1, -0.05) is 0 Å². The quantitative estimate of drug-likeness (QED) is 0.451. The van der Waals surface area contributed by atoms with Crippen molar-refractivity contribution in [1.82, 2.24) is 25.1 Å². The van der Waals surface area contributed by atoms with Gasteiger partial charge in [0.25, 0.3) is 5.91 Å². The number of piperidine rings is 1. The summed E-state index contributed by atoms with van der Waals surface area (Å²) in [6.07, 6.45) is 3.66. The van der Waals surface area contributed by atoms with E-state index in [0.29, 0.717) is 36.0 Å². The van der Waals surface area contributed by atoms with E-state index >= 15 is 0 Å². The predicted molar refractivity (Wildman–Crippen MR) is 135 cm³/mol. The molecule has 2 N–H and O–H groups in total. The minimum atomic E-state index is -0.206. The molecule has 0 atom stereocenters. The third-order valence-electron chi connectivity index (χ3n) is 6.02. The zero-order valence-corrected chi connectivity index (χ0v) is 20.8. The second kappa shape index (κ2) is 11.1. The van der Waals surface area contributed by atoms with Crippen LogP contribution in [0.4, 0.5) is 11.6 Å². The molecule has 0 saturated carbocycles. The number of carbonyl (C=O) groups is 1. The molecular weight excluding hydrogens is 446 g/mol. The van der Waals surface area contributed by atoms with Crippen molar-refractivity contribution in [3.63, 3.8) is 0 Å². The lowest BCUT2D eigenvalue weighted by Gasteiger charge is -2.28. The fraction of sp³-hybridized carbons (Fsp3) is 0.440. The van der Waals surface area contributed by atoms with Crippen molar-refractivity contribution < 1.29 is 14.3 Å². The fourth-order valence-corrected chi connectivity index (χ4v) is 4.21. The standard InChI is InChI=1S/C25H33N7O3/c1-17-28-23(16-24(29-17)32-12-6-5-7-13-32)26-10-11-27-25(33)21-15-20(30-31(21)2)19-14-18(34-3)8-9-22(19)35-4/h8-9,14-16H,5-7,10-13H2,1-4H3,(H,27,33)(H,26,28,29). The van der Waals surface area contributed by atoms with E-state index in [4.69, 9.17) is 9.47 Å². The topological polar surface area (TPSA) is 106 Å². The summed E-state index contributed by atoms with van der Waals surface area (Å²) in [5.41, 5.74) is 1.84. The lowest BCUT2D eigenvalue weighted by Crippen LogP contribution is -2.31. The van der Waals surface area contributed by atoms with E-state index in [1.54, 1.807) is 32.0 Å². The Morgan fingerprint density at radius 3 is 2.57 bits per heavy atom. The molecule has 0 aliphatic carbocycles. The number of amides is 1. The molecule has 0 bridgehead atoms. The Hall–Kier alpha value is -3.82. The van der Waals surface area contributed by atoms with Gasteiger partial charge in [0.2, 0.25) is 0 Å². The monoisotopic (exact) mass is 479 g/mol. The van der Waals surface area contributed by atoms with Crippen LogP contribution in [-0.2, 0) is 7.05 Å². The van der Waals surface area contributed by atoms with Crippen LogP contribution in [0.25, 0.3) is 11.3 Å². The first-order chi connectivity index (χ1) is 17.0. The van der Waals surface area contributed by atoms with Crippen molar-refractivity contribution in [2.75, 3.05) is 50.6 Å². The molecule has 35 heavy (non-hydrogen) atoms. The van der Waals surface area contributed by atoms with Crippen LogP contribution in [0.5, 0.6) is 11.5 Å². The lowest BCUT2D eigenvalue weighted by molar-refractivity contribution is 0.0945. The molecule has 1 fully saturated rings. The summed E-state index contributed by atoms with van der Waals surface area (Å²) in [5.74, 6) is 3.59. The summed E-state index contributed by atoms with van der Waals surface area (Å²) >= 11 is 0. The van der Waals surface area contributed by atoms with E-state index in [1.807, 2.05) is 31.2 Å². The molecular formula is C25H33N7O3. The van der Waals surface area contributed by atoms with E-state index in [9.17, 15) is 4.79 Å². The highest BCUT2D eigenvalue weighted by Crippen LogP contribution is 2.33. The van der Waals surface area contributed by atoms with Crippen LogP contribution in [0, 0.1) is 6.92 Å². The maximum Gasteiger partial charge on any atom is 0.269 e. The Balaban J connectivity index is 1.36. The van der Waals surface area contributed by atoms with Gasteiger partial charge in [-0.15, -0.1) is 0 Å². The highest BCUT2D eigenvalue weighted by molar-refractivity contribution is 5.94. The van der Waals surface area contributed by atoms with E-state index in [2.05, 4.69) is 30.6 Å². The van der Waals surface area contributed by atoms with Gasteiger partial charge in [-0.05, 0) is 50.5 Å². The molecule has 186 valence electrons. The number of benzene rings is 1. The largest absolute Gasteiger partial charge is 0.497 e. The number of nitrogens with zero attached hydrogens (tertiary/aromatic N) is 5. The first-order valence-corrected chi connectivity index (χ1v) is 11.9. The van der Waals surface area contributed by atoms with E-state index in [-0.39, 0.29) is 5.91 Å². The van der Waals surface area contributed by atoms with Crippen molar-refractivity contribution in [3.8, 4) is 22.8 Å². The first kappa shape index (κ1) is 24.3. The maximum absolute atomic E-state index is 12.8. The third kappa shape index (κ3) is 5.82. The number of nitrogens with one attached hydrogen (secondary N) is 2. The summed E-state index contributed by atoms with van der Waals surface area (Å²) in [5, 5.41) is 10.8. The molecule has 1 aliphatic rings. The van der Waals surface area contributed by atoms with Crippen molar-refractivity contribution in [2.24, 2.45) is 7.05 Å². The van der Waals surface area contributed by atoms with Crippen molar-refractivity contribution in [3.05, 3.63) is 41.9 Å². The zero-order chi connectivity index (χ0) is 24.8. The highest BCUT2D eigenvalue weighted by Gasteiger charge is 2.18. The van der Waals surface area contributed by atoms with Gasteiger partial charge in [-0.25, -0.2) is 9.97 Å². The number of carbonyl (C=O) groups excluding carboxylic acids is 1. The summed E-state index contributed by atoms with van der Waals surface area (Å²) < 4.78 is 12.3. The van der Waals surface area contributed by atoms with Crippen molar-refractivity contribution in [1.29, 1.82) is 0 Å². The lowest BCUT2D eigenvalue weighted by atomic mass is 10.1. The normalized spacial score (nSPS) is 13.4. The van der Waals surface area contributed by atoms with E-state index in [1.165, 1.54) is 19.3 Å². The molecule has 1 aliphatic heterocycles. The fourth-order valence-electron chi connectivity index (χ4n) is 4.21. The highest BCUT2D eigenvalue weighted by atomic mass is 16.5. The minimum Gasteiger partial charge on any atom is -0.497 e. The zero-order valence-electron chi connectivity index (χ0n) is 20.8. The predicted octanol–water partition coefficient (Wildman–Crippen LogP) is 3.03. The van der Waals surface area contributed by atoms with E-state index < -0.39 is 0 Å². The number of anilines is 2. The van der Waals surface area contributed by atoms with Gasteiger partial charge in [0.1, 0.15) is 34.7 Å². The molecule has 0 spiro atoms. The van der Waals surface area contributed by atoms with Crippen LogP contribution in [0.15, 0.2) is 30.3 Å². The van der Waals surface area contributed by atoms with Crippen LogP contribution < -0.4 is 25.0 Å². The molecule has 3 heterocycles. The Morgan fingerprint density at radius 2 is 1.83 bits per heavy atom. The van der Waals surface area contributed by atoms with Crippen LogP contribution in [0.1, 0.15) is 35.6 Å². The molecule has 3 aromatic rings. The summed E-state index contributed by atoms with van der Waals surface area (Å²) in [4.78, 5) is 24.2. The summed E-state index contributed by atoms with van der Waals surface area (Å²) in [6.45, 7) is 4.93. The molecule has 2 aromatic heterocycles. The third-order valence-corrected chi connectivity index (χ3v) is 6.02. The molecule has 1 saturated heterocycles. The minimum absolute atomic E-state index is 0.206. The summed E-state index contributed by atoms with van der Waals surface area (Å²) in [6, 6.07) is 9.21. The van der Waals surface area contributed by atoms with Gasteiger partial charge in [0, 0.05) is 44.9 Å². The number of aromatic nitrogens is 4. The molecule has 4 rings (SSSR count). The Labute approximate surface area is 205 Å². The second-order valence-electron chi connectivity index (χ2n) is 8.49. The summed E-state index contributed by atoms with van der Waals surface area (Å²) in [7, 11) is 4.95. The van der Waals surface area contributed by atoms with Crippen LogP contribution in [0.3, 0.4) is 0 Å². The number of rotatable bonds is 9. The Morgan fingerprint density at radius 1 is 1.03 bits per heavy atom. The average molecular weight is 480 g/mol. The Kier molecular flexibility index (Phi) is 7.69. The SMILES string of the molecule is COc1ccc(OC)c(-c2cc(C(=O)NCCNc3cc(N4CCCCC4)nc(C)n3)n(C)n2)c1. The van der Waals surface area contributed by atoms with Crippen LogP contribution >= 0.6 is 0 Å². The van der Waals surface area contributed by atoms with Gasteiger partial charge < -0.3 is 25.0 Å². The molecule has 1 aromatic carbocycles. The molecule has 1 amide bonds. The average Bonchev–Trinajstić information content (AvgIpc) is 3.27. The number of aryl methyl sites for hydroxylation is 2. The van der Waals surface area contributed by atoms with Crippen molar-refractivity contribution >= 4 is 17.5 Å². The van der Waals surface area contributed by atoms with Crippen LogP contribution in [-0.4, -0.2) is 66.1 Å². The van der Waals surface area contributed by atoms with Gasteiger partial charge in [-0.2, -0.15) is 5.10 Å². The molecule has 0 radical (unpaired) electrons. The number of methoxy groups -OCH3 is 2. The molecule has 10 nitrogen and oxygen atoms in total. The second-order valence-corrected chi connectivity index (χ2v) is 8.49. The Bertz CT molecular complexity index is 1170. The maximum atomic E-state index is 12.8. The number of hydrogen-bond donors (Lipinski definition) is 2. The van der Waals surface area contributed by atoms with Crippen molar-refractivity contribution in [2.45, 2.75) is 26.2 Å². The molecule has 0 unspecified atom stereocenters. The number of hydrogen-bond acceptors (Lipinski definition) is 8. The first-order valence-electron chi connectivity index (χ1n) is 11.9. The molecule has 10 heteroatoms. The van der Waals surface area contributed by atoms with Gasteiger partial charge in [0.05, 0.1) is 19.9 Å². The van der Waals surface area contributed by atoms with Gasteiger partial charge in [0.15, 0.2) is 0 Å². The van der Waals surface area contributed by atoms with Gasteiger partial charge >= 0.3 is 0 Å².